The lowest BCUT2D eigenvalue weighted by Crippen LogP contribution is -2.50. The van der Waals surface area contributed by atoms with Crippen molar-refractivity contribution in [2.75, 3.05) is 0 Å². The molecule has 0 radical (unpaired) electrons. The number of benzene rings is 1. The molecule has 0 saturated heterocycles. The Kier molecular flexibility index (Phi) is 4.13. The van der Waals surface area contributed by atoms with E-state index in [4.69, 9.17) is 5.73 Å². The van der Waals surface area contributed by atoms with Crippen molar-refractivity contribution in [1.29, 1.82) is 0 Å². The topological polar surface area (TPSA) is 130 Å². The molecule has 1 aromatic rings. The molecule has 0 fully saturated rings. The van der Waals surface area contributed by atoms with E-state index in [-0.39, 0.29) is 12.1 Å². The summed E-state index contributed by atoms with van der Waals surface area (Å²) in [7, 11) is 0. The lowest BCUT2D eigenvalue weighted by atomic mass is 10.0. The molecular weight excluding hydrogens is 228 g/mol. The quantitative estimate of drug-likeness (QED) is 0.479. The predicted molar refractivity (Wildman–Crippen MR) is 55.8 cm³/mol. The predicted octanol–water partition coefficient (Wildman–Crippen LogP) is -1.42. The van der Waals surface area contributed by atoms with Gasteiger partial charge in [-0.15, -0.1) is 0 Å². The number of aliphatic hydroxyl groups is 1. The number of carbonyl (C=O) groups excluding carboxylic acids is 1. The van der Waals surface area contributed by atoms with Gasteiger partial charge in [-0.2, -0.15) is 0 Å². The lowest BCUT2D eigenvalue weighted by Gasteiger charge is -2.19. The Balaban J connectivity index is 2.69. The summed E-state index contributed by atoms with van der Waals surface area (Å²) in [4.78, 5) is 20.2. The number of nitrogens with two attached hydrogens (primary N) is 1. The van der Waals surface area contributed by atoms with Crippen LogP contribution in [-0.2, 0) is 11.2 Å². The Morgan fingerprint density at radius 2 is 1.94 bits per heavy atom. The van der Waals surface area contributed by atoms with Gasteiger partial charge >= 0.3 is 0 Å². The standard InChI is InChI=1S/C10H12N2O5/c11-9(10(14)15)8(13)5-6-1-3-7(4-2-6)12(16)17/h1-4,8-9,13H,5,11H2,(H,14,15)/p-1/t8-,9+/m1/s1. The van der Waals surface area contributed by atoms with Crippen molar-refractivity contribution in [3.63, 3.8) is 0 Å². The van der Waals surface area contributed by atoms with Gasteiger partial charge < -0.3 is 20.7 Å². The Morgan fingerprint density at radius 1 is 1.41 bits per heavy atom. The second kappa shape index (κ2) is 5.37. The third-order valence-electron chi connectivity index (χ3n) is 2.28. The molecule has 2 atom stereocenters. The van der Waals surface area contributed by atoms with Gasteiger partial charge in [0.15, 0.2) is 0 Å². The van der Waals surface area contributed by atoms with Crippen LogP contribution in [0, 0.1) is 10.1 Å². The van der Waals surface area contributed by atoms with Crippen LogP contribution in [0.25, 0.3) is 0 Å². The van der Waals surface area contributed by atoms with Crippen molar-refractivity contribution in [2.24, 2.45) is 5.73 Å². The van der Waals surface area contributed by atoms with Crippen LogP contribution in [0.15, 0.2) is 24.3 Å². The van der Waals surface area contributed by atoms with Crippen molar-refractivity contribution in [1.82, 2.24) is 0 Å². The summed E-state index contributed by atoms with van der Waals surface area (Å²) in [5.41, 5.74) is 5.64. The third-order valence-corrected chi connectivity index (χ3v) is 2.28. The van der Waals surface area contributed by atoms with Crippen molar-refractivity contribution >= 4 is 11.7 Å². The molecule has 17 heavy (non-hydrogen) atoms. The summed E-state index contributed by atoms with van der Waals surface area (Å²) in [6.07, 6.45) is -1.30. The number of nitrogens with zero attached hydrogens (tertiary/aromatic N) is 1. The third kappa shape index (κ3) is 3.51. The summed E-state index contributed by atoms with van der Waals surface area (Å²) in [5, 5.41) is 30.2. The minimum Gasteiger partial charge on any atom is -0.548 e. The Bertz CT molecular complexity index is 417. The normalized spacial score (nSPS) is 14.0. The first-order chi connectivity index (χ1) is 7.91. The summed E-state index contributed by atoms with van der Waals surface area (Å²) in [6, 6.07) is 3.93. The van der Waals surface area contributed by atoms with E-state index in [0.29, 0.717) is 5.56 Å². The zero-order valence-electron chi connectivity index (χ0n) is 8.78. The second-order valence-electron chi connectivity index (χ2n) is 3.54. The van der Waals surface area contributed by atoms with Crippen LogP contribution in [-0.4, -0.2) is 28.1 Å². The molecule has 0 saturated carbocycles. The van der Waals surface area contributed by atoms with Crippen LogP contribution in [0.4, 0.5) is 5.69 Å². The minimum atomic E-state index is -1.54. The SMILES string of the molecule is N[C@H](C(=O)[O-])[C@H](O)Cc1ccc([N+](=O)[O-])cc1. The van der Waals surface area contributed by atoms with Crippen LogP contribution in [0.5, 0.6) is 0 Å². The number of nitro groups is 1. The van der Waals surface area contributed by atoms with Crippen LogP contribution in [0.1, 0.15) is 5.56 Å². The number of carboxylic acids is 1. The first-order valence-electron chi connectivity index (χ1n) is 4.79. The van der Waals surface area contributed by atoms with Crippen LogP contribution in [0.2, 0.25) is 0 Å². The average Bonchev–Trinajstić information content (AvgIpc) is 2.28. The summed E-state index contributed by atoms with van der Waals surface area (Å²) in [6.45, 7) is 0. The van der Waals surface area contributed by atoms with Crippen LogP contribution in [0.3, 0.4) is 0 Å². The van der Waals surface area contributed by atoms with E-state index >= 15 is 0 Å². The van der Waals surface area contributed by atoms with Crippen molar-refractivity contribution < 1.29 is 19.9 Å². The molecule has 0 aliphatic carbocycles. The highest BCUT2D eigenvalue weighted by Crippen LogP contribution is 2.13. The van der Waals surface area contributed by atoms with Gasteiger partial charge in [-0.05, 0) is 5.56 Å². The van der Waals surface area contributed by atoms with E-state index in [1.807, 2.05) is 0 Å². The van der Waals surface area contributed by atoms with E-state index in [2.05, 4.69) is 0 Å². The van der Waals surface area contributed by atoms with Crippen molar-refractivity contribution in [3.8, 4) is 0 Å². The first-order valence-corrected chi connectivity index (χ1v) is 4.79. The van der Waals surface area contributed by atoms with E-state index in [1.165, 1.54) is 24.3 Å². The number of hydrogen-bond acceptors (Lipinski definition) is 6. The molecule has 0 aromatic heterocycles. The monoisotopic (exact) mass is 239 g/mol. The van der Waals surface area contributed by atoms with E-state index in [1.54, 1.807) is 0 Å². The molecule has 7 nitrogen and oxygen atoms in total. The zero-order chi connectivity index (χ0) is 13.0. The number of aliphatic carboxylic acids is 1. The second-order valence-corrected chi connectivity index (χ2v) is 3.54. The Hall–Kier alpha value is -1.99. The number of hydrogen-bond donors (Lipinski definition) is 2. The molecule has 7 heteroatoms. The molecule has 0 unspecified atom stereocenters. The maximum Gasteiger partial charge on any atom is 0.269 e. The lowest BCUT2D eigenvalue weighted by molar-refractivity contribution is -0.384. The first kappa shape index (κ1) is 13.1. The van der Waals surface area contributed by atoms with Gasteiger partial charge in [0.1, 0.15) is 0 Å². The van der Waals surface area contributed by atoms with Crippen molar-refractivity contribution in [3.05, 3.63) is 39.9 Å². The molecule has 0 aliphatic heterocycles. The molecular formula is C10H11N2O5-. The Morgan fingerprint density at radius 3 is 2.35 bits per heavy atom. The molecule has 92 valence electrons. The van der Waals surface area contributed by atoms with E-state index in [9.17, 15) is 25.1 Å². The molecule has 0 amide bonds. The highest BCUT2D eigenvalue weighted by Gasteiger charge is 2.16. The van der Waals surface area contributed by atoms with Gasteiger partial charge in [-0.25, -0.2) is 0 Å². The maximum atomic E-state index is 10.4. The van der Waals surface area contributed by atoms with Crippen LogP contribution >= 0.6 is 0 Å². The fourth-order valence-corrected chi connectivity index (χ4v) is 1.28. The van der Waals surface area contributed by atoms with Gasteiger partial charge in [0, 0.05) is 18.6 Å². The number of rotatable bonds is 5. The minimum absolute atomic E-state index is 0.00680. The molecule has 0 heterocycles. The summed E-state index contributed by atoms with van der Waals surface area (Å²) < 4.78 is 0. The number of carbonyl (C=O) groups is 1. The zero-order valence-corrected chi connectivity index (χ0v) is 8.78. The largest absolute Gasteiger partial charge is 0.548 e. The fourth-order valence-electron chi connectivity index (χ4n) is 1.28. The summed E-state index contributed by atoms with van der Waals surface area (Å²) in [5.74, 6) is -1.54. The number of non-ortho nitro benzene ring substituents is 1. The van der Waals surface area contributed by atoms with E-state index < -0.39 is 23.0 Å². The number of aliphatic hydroxyl groups excluding tert-OH is 1. The van der Waals surface area contributed by atoms with Gasteiger partial charge in [0.05, 0.1) is 23.0 Å². The highest BCUT2D eigenvalue weighted by atomic mass is 16.6. The highest BCUT2D eigenvalue weighted by molar-refractivity contribution is 5.71. The fraction of sp³-hybridized carbons (Fsp3) is 0.300. The number of nitro benzene ring substituents is 1. The van der Waals surface area contributed by atoms with Gasteiger partial charge in [0.2, 0.25) is 0 Å². The average molecular weight is 239 g/mol. The molecule has 1 aromatic carbocycles. The van der Waals surface area contributed by atoms with Crippen molar-refractivity contribution in [2.45, 2.75) is 18.6 Å². The van der Waals surface area contributed by atoms with Gasteiger partial charge in [-0.3, -0.25) is 10.1 Å². The van der Waals surface area contributed by atoms with Crippen LogP contribution < -0.4 is 10.8 Å². The molecule has 0 aliphatic rings. The molecule has 3 N–H and O–H groups in total. The summed E-state index contributed by atoms with van der Waals surface area (Å²) >= 11 is 0. The molecule has 1 rings (SSSR count). The van der Waals surface area contributed by atoms with E-state index in [0.717, 1.165) is 0 Å². The van der Waals surface area contributed by atoms with Gasteiger partial charge in [-0.1, -0.05) is 12.1 Å². The molecule has 0 spiro atoms. The maximum absolute atomic E-state index is 10.4. The van der Waals surface area contributed by atoms with Gasteiger partial charge in [0.25, 0.3) is 5.69 Å². The molecule has 0 bridgehead atoms. The Labute approximate surface area is 96.6 Å². The smallest absolute Gasteiger partial charge is 0.269 e. The number of carboxylic acid groups (broad SMARTS) is 1.